The third-order valence-electron chi connectivity index (χ3n) is 4.45. The fourth-order valence-electron chi connectivity index (χ4n) is 3.05. The number of benzene rings is 1. The topological polar surface area (TPSA) is 39.7 Å². The Kier molecular flexibility index (Phi) is 6.90. The SMILES string of the molecule is CCNC(=NCc1cccc(C)c1)NC1CCN(C(C)C)CC1. The van der Waals surface area contributed by atoms with E-state index in [0.29, 0.717) is 12.1 Å². The van der Waals surface area contributed by atoms with Crippen LogP contribution in [-0.4, -0.2) is 42.6 Å². The summed E-state index contributed by atoms with van der Waals surface area (Å²) in [5, 5.41) is 6.99. The van der Waals surface area contributed by atoms with E-state index in [9.17, 15) is 0 Å². The van der Waals surface area contributed by atoms with Crippen molar-refractivity contribution in [3.63, 3.8) is 0 Å². The second kappa shape index (κ2) is 8.92. The number of likely N-dealkylation sites (tertiary alicyclic amines) is 1. The molecule has 1 aliphatic heterocycles. The number of nitrogens with zero attached hydrogens (tertiary/aromatic N) is 2. The Morgan fingerprint density at radius 1 is 1.30 bits per heavy atom. The Bertz CT molecular complexity index is 502. The molecule has 4 nitrogen and oxygen atoms in total. The molecule has 0 radical (unpaired) electrons. The summed E-state index contributed by atoms with van der Waals surface area (Å²) in [7, 11) is 0. The molecular weight excluding hydrogens is 284 g/mol. The van der Waals surface area contributed by atoms with Crippen molar-refractivity contribution >= 4 is 5.96 Å². The molecule has 0 amide bonds. The van der Waals surface area contributed by atoms with Gasteiger partial charge in [0.05, 0.1) is 6.54 Å². The first-order valence-corrected chi connectivity index (χ1v) is 8.93. The summed E-state index contributed by atoms with van der Waals surface area (Å²) in [4.78, 5) is 7.30. The van der Waals surface area contributed by atoms with E-state index in [0.717, 1.165) is 19.0 Å². The van der Waals surface area contributed by atoms with Crippen LogP contribution in [0.3, 0.4) is 0 Å². The molecule has 1 aromatic carbocycles. The van der Waals surface area contributed by atoms with Crippen molar-refractivity contribution < 1.29 is 0 Å². The van der Waals surface area contributed by atoms with Crippen molar-refractivity contribution in [2.24, 2.45) is 4.99 Å². The average molecular weight is 316 g/mol. The van der Waals surface area contributed by atoms with E-state index in [1.54, 1.807) is 0 Å². The largest absolute Gasteiger partial charge is 0.357 e. The molecule has 0 aliphatic carbocycles. The molecule has 0 atom stereocenters. The third kappa shape index (κ3) is 5.87. The molecule has 1 aliphatic rings. The number of rotatable bonds is 5. The van der Waals surface area contributed by atoms with Crippen LogP contribution in [0.15, 0.2) is 29.3 Å². The van der Waals surface area contributed by atoms with Crippen LogP contribution < -0.4 is 10.6 Å². The minimum Gasteiger partial charge on any atom is -0.357 e. The average Bonchev–Trinajstić information content (AvgIpc) is 2.53. The number of aliphatic imine (C=N–C) groups is 1. The number of hydrogen-bond acceptors (Lipinski definition) is 2. The van der Waals surface area contributed by atoms with E-state index in [-0.39, 0.29) is 0 Å². The van der Waals surface area contributed by atoms with E-state index in [2.05, 4.69) is 67.5 Å². The van der Waals surface area contributed by atoms with Gasteiger partial charge in [-0.3, -0.25) is 0 Å². The van der Waals surface area contributed by atoms with E-state index in [1.807, 2.05) is 0 Å². The highest BCUT2D eigenvalue weighted by molar-refractivity contribution is 5.80. The molecule has 1 heterocycles. The van der Waals surface area contributed by atoms with Crippen molar-refractivity contribution in [1.29, 1.82) is 0 Å². The first-order valence-electron chi connectivity index (χ1n) is 8.93. The molecule has 1 aromatic rings. The van der Waals surface area contributed by atoms with Gasteiger partial charge in [-0.1, -0.05) is 29.8 Å². The maximum absolute atomic E-state index is 4.75. The second-order valence-corrected chi connectivity index (χ2v) is 6.73. The van der Waals surface area contributed by atoms with Gasteiger partial charge in [-0.2, -0.15) is 0 Å². The van der Waals surface area contributed by atoms with Crippen LogP contribution in [-0.2, 0) is 6.54 Å². The van der Waals surface area contributed by atoms with Crippen molar-refractivity contribution in [3.05, 3.63) is 35.4 Å². The molecular formula is C19H32N4. The molecule has 1 fully saturated rings. The highest BCUT2D eigenvalue weighted by Gasteiger charge is 2.21. The molecule has 0 bridgehead atoms. The lowest BCUT2D eigenvalue weighted by atomic mass is 10.0. The molecule has 0 saturated carbocycles. The van der Waals surface area contributed by atoms with Crippen LogP contribution >= 0.6 is 0 Å². The fourth-order valence-corrected chi connectivity index (χ4v) is 3.05. The van der Waals surface area contributed by atoms with Gasteiger partial charge in [0.15, 0.2) is 5.96 Å². The molecule has 23 heavy (non-hydrogen) atoms. The summed E-state index contributed by atoms with van der Waals surface area (Å²) in [6.45, 7) is 12.8. The van der Waals surface area contributed by atoms with E-state index in [4.69, 9.17) is 4.99 Å². The smallest absolute Gasteiger partial charge is 0.191 e. The molecule has 1 saturated heterocycles. The quantitative estimate of drug-likeness (QED) is 0.648. The van der Waals surface area contributed by atoms with Crippen LogP contribution in [0.4, 0.5) is 0 Å². The standard InChI is InChI=1S/C19H32N4/c1-5-20-19(21-14-17-8-6-7-16(4)13-17)22-18-9-11-23(12-10-18)15(2)3/h6-8,13,15,18H,5,9-12,14H2,1-4H3,(H2,20,21,22). The monoisotopic (exact) mass is 316 g/mol. The van der Waals surface area contributed by atoms with Gasteiger partial charge in [0.1, 0.15) is 0 Å². The zero-order valence-corrected chi connectivity index (χ0v) is 15.1. The van der Waals surface area contributed by atoms with E-state index < -0.39 is 0 Å². The van der Waals surface area contributed by atoms with Gasteiger partial charge < -0.3 is 15.5 Å². The van der Waals surface area contributed by atoms with E-state index >= 15 is 0 Å². The second-order valence-electron chi connectivity index (χ2n) is 6.73. The Labute approximate surface area is 141 Å². The van der Waals surface area contributed by atoms with E-state index in [1.165, 1.54) is 37.1 Å². The first-order chi connectivity index (χ1) is 11.1. The molecule has 2 rings (SSSR count). The molecule has 0 spiro atoms. The normalized spacial score (nSPS) is 17.5. The fraction of sp³-hybridized carbons (Fsp3) is 0.632. The highest BCUT2D eigenvalue weighted by atomic mass is 15.2. The molecule has 4 heteroatoms. The maximum atomic E-state index is 4.75. The van der Waals surface area contributed by atoms with Crippen LogP contribution in [0.5, 0.6) is 0 Å². The number of aryl methyl sites for hydroxylation is 1. The number of guanidine groups is 1. The molecule has 128 valence electrons. The number of nitrogens with one attached hydrogen (secondary N) is 2. The summed E-state index contributed by atoms with van der Waals surface area (Å²) in [5.74, 6) is 0.942. The van der Waals surface area contributed by atoms with Gasteiger partial charge in [-0.15, -0.1) is 0 Å². The molecule has 0 unspecified atom stereocenters. The van der Waals surface area contributed by atoms with Crippen LogP contribution in [0.1, 0.15) is 44.7 Å². The number of hydrogen-bond donors (Lipinski definition) is 2. The summed E-state index contributed by atoms with van der Waals surface area (Å²) in [5.41, 5.74) is 2.55. The van der Waals surface area contributed by atoms with Gasteiger partial charge in [0.25, 0.3) is 0 Å². The van der Waals surface area contributed by atoms with Gasteiger partial charge >= 0.3 is 0 Å². The van der Waals surface area contributed by atoms with Crippen molar-refractivity contribution in [2.45, 2.75) is 59.2 Å². The maximum Gasteiger partial charge on any atom is 0.191 e. The van der Waals surface area contributed by atoms with Crippen molar-refractivity contribution in [2.75, 3.05) is 19.6 Å². The molecule has 0 aromatic heterocycles. The predicted octanol–water partition coefficient (Wildman–Crippen LogP) is 2.92. The number of piperidine rings is 1. The summed E-state index contributed by atoms with van der Waals surface area (Å²) in [6.07, 6.45) is 2.38. The lowest BCUT2D eigenvalue weighted by Crippen LogP contribution is -2.49. The van der Waals surface area contributed by atoms with Crippen LogP contribution in [0.2, 0.25) is 0 Å². The minimum absolute atomic E-state index is 0.528. The summed E-state index contributed by atoms with van der Waals surface area (Å²) < 4.78 is 0. The summed E-state index contributed by atoms with van der Waals surface area (Å²) >= 11 is 0. The van der Waals surface area contributed by atoms with Crippen molar-refractivity contribution in [3.8, 4) is 0 Å². The zero-order valence-electron chi connectivity index (χ0n) is 15.1. The first kappa shape index (κ1) is 17.8. The Hall–Kier alpha value is -1.55. The van der Waals surface area contributed by atoms with Crippen molar-refractivity contribution in [1.82, 2.24) is 15.5 Å². The lowest BCUT2D eigenvalue weighted by molar-refractivity contribution is 0.167. The lowest BCUT2D eigenvalue weighted by Gasteiger charge is -2.35. The van der Waals surface area contributed by atoms with Gasteiger partial charge in [-0.05, 0) is 46.1 Å². The predicted molar refractivity (Wildman–Crippen MR) is 98.9 cm³/mol. The Morgan fingerprint density at radius 3 is 2.65 bits per heavy atom. The zero-order chi connectivity index (χ0) is 16.7. The highest BCUT2D eigenvalue weighted by Crippen LogP contribution is 2.13. The van der Waals surface area contributed by atoms with Crippen LogP contribution in [0, 0.1) is 6.92 Å². The molecule has 2 N–H and O–H groups in total. The van der Waals surface area contributed by atoms with Gasteiger partial charge in [0, 0.05) is 31.7 Å². The van der Waals surface area contributed by atoms with Gasteiger partial charge in [0.2, 0.25) is 0 Å². The Balaban J connectivity index is 1.89. The third-order valence-corrected chi connectivity index (χ3v) is 4.45. The van der Waals surface area contributed by atoms with Gasteiger partial charge in [-0.25, -0.2) is 4.99 Å². The summed E-state index contributed by atoms with van der Waals surface area (Å²) in [6, 6.07) is 9.75. The minimum atomic E-state index is 0.528. The Morgan fingerprint density at radius 2 is 2.04 bits per heavy atom. The van der Waals surface area contributed by atoms with Crippen LogP contribution in [0.25, 0.3) is 0 Å².